The van der Waals surface area contributed by atoms with E-state index >= 15 is 0 Å². The van der Waals surface area contributed by atoms with Crippen LogP contribution in [0.25, 0.3) is 0 Å². The van der Waals surface area contributed by atoms with Crippen LogP contribution >= 0.6 is 0 Å². The van der Waals surface area contributed by atoms with E-state index in [2.05, 4.69) is 4.72 Å². The van der Waals surface area contributed by atoms with Gasteiger partial charge in [-0.1, -0.05) is 31.2 Å². The van der Waals surface area contributed by atoms with Gasteiger partial charge < -0.3 is 9.64 Å². The molecular formula is C20H22N2O5S. The van der Waals surface area contributed by atoms with Gasteiger partial charge in [-0.2, -0.15) is 0 Å². The molecule has 1 aliphatic heterocycles. The lowest BCUT2D eigenvalue weighted by Gasteiger charge is -2.17. The summed E-state index contributed by atoms with van der Waals surface area (Å²) in [6.07, 6.45) is 1.42. The van der Waals surface area contributed by atoms with Crippen LogP contribution in [0, 0.1) is 0 Å². The van der Waals surface area contributed by atoms with Gasteiger partial charge in [0.05, 0.1) is 10.5 Å². The Morgan fingerprint density at radius 1 is 1.14 bits per heavy atom. The van der Waals surface area contributed by atoms with Gasteiger partial charge in [0.15, 0.2) is 6.61 Å². The molecule has 0 radical (unpaired) electrons. The molecule has 1 aliphatic rings. The van der Waals surface area contributed by atoms with Crippen molar-refractivity contribution in [3.63, 3.8) is 0 Å². The minimum absolute atomic E-state index is 0.0183. The molecule has 148 valence electrons. The molecule has 0 bridgehead atoms. The molecule has 0 atom stereocenters. The van der Waals surface area contributed by atoms with E-state index in [0.717, 1.165) is 17.7 Å². The second-order valence-corrected chi connectivity index (χ2v) is 8.19. The number of rotatable bonds is 7. The van der Waals surface area contributed by atoms with Gasteiger partial charge in [-0.15, -0.1) is 0 Å². The summed E-state index contributed by atoms with van der Waals surface area (Å²) in [6.45, 7) is 2.31. The molecule has 0 aromatic heterocycles. The summed E-state index contributed by atoms with van der Waals surface area (Å²) in [5.41, 5.74) is 1.99. The Labute approximate surface area is 164 Å². The number of sulfonamides is 1. The zero-order valence-electron chi connectivity index (χ0n) is 15.6. The first kappa shape index (κ1) is 20.0. The van der Waals surface area contributed by atoms with E-state index in [1.807, 2.05) is 31.2 Å². The Morgan fingerprint density at radius 3 is 2.71 bits per heavy atom. The number of nitrogens with zero attached hydrogens (tertiary/aromatic N) is 1. The molecule has 0 unspecified atom stereocenters. The van der Waals surface area contributed by atoms with Crippen molar-refractivity contribution in [1.29, 1.82) is 0 Å². The largest absolute Gasteiger partial charge is 0.452 e. The zero-order chi connectivity index (χ0) is 20.1. The second kappa shape index (κ2) is 8.53. The number of esters is 1. The molecule has 0 fully saturated rings. The van der Waals surface area contributed by atoms with Crippen molar-refractivity contribution in [2.75, 3.05) is 24.6 Å². The fourth-order valence-corrected chi connectivity index (χ4v) is 4.18. The topological polar surface area (TPSA) is 92.8 Å². The highest BCUT2D eigenvalue weighted by molar-refractivity contribution is 7.89. The molecule has 7 nitrogen and oxygen atoms in total. The number of fused-ring (bicyclic) bond motifs is 1. The van der Waals surface area contributed by atoms with Gasteiger partial charge in [-0.3, -0.25) is 4.79 Å². The number of carbonyl (C=O) groups is 2. The van der Waals surface area contributed by atoms with E-state index in [1.54, 1.807) is 4.90 Å². The molecule has 8 heteroatoms. The van der Waals surface area contributed by atoms with E-state index in [1.165, 1.54) is 24.3 Å². The number of para-hydroxylation sites is 1. The normalized spacial score (nSPS) is 13.2. The van der Waals surface area contributed by atoms with Gasteiger partial charge in [0.25, 0.3) is 5.91 Å². The van der Waals surface area contributed by atoms with E-state index in [4.69, 9.17) is 4.74 Å². The van der Waals surface area contributed by atoms with E-state index in [0.29, 0.717) is 19.5 Å². The Kier molecular flexibility index (Phi) is 6.11. The van der Waals surface area contributed by atoms with Crippen molar-refractivity contribution in [3.05, 3.63) is 59.7 Å². The predicted molar refractivity (Wildman–Crippen MR) is 105 cm³/mol. The standard InChI is InChI=1S/C20H22N2O5S/c1-2-11-21-28(25,26)17-8-5-7-16(13-17)20(24)27-14-19(23)22-12-10-15-6-3-4-9-18(15)22/h3-9,13,21H,2,10-12,14H2,1H3. The van der Waals surface area contributed by atoms with Crippen LogP contribution in [0.15, 0.2) is 53.4 Å². The average Bonchev–Trinajstić information content (AvgIpc) is 3.14. The maximum Gasteiger partial charge on any atom is 0.338 e. The minimum Gasteiger partial charge on any atom is -0.452 e. The predicted octanol–water partition coefficient (Wildman–Crippen LogP) is 2.12. The number of benzene rings is 2. The van der Waals surface area contributed by atoms with E-state index in [-0.39, 0.29) is 16.4 Å². The van der Waals surface area contributed by atoms with Gasteiger partial charge in [0.1, 0.15) is 0 Å². The van der Waals surface area contributed by atoms with Gasteiger partial charge in [0.2, 0.25) is 10.0 Å². The van der Waals surface area contributed by atoms with Crippen LogP contribution in [0.1, 0.15) is 29.3 Å². The maximum absolute atomic E-state index is 12.4. The first-order valence-electron chi connectivity index (χ1n) is 9.07. The van der Waals surface area contributed by atoms with Crippen LogP contribution in [-0.2, 0) is 26.0 Å². The smallest absolute Gasteiger partial charge is 0.338 e. The third-order valence-electron chi connectivity index (χ3n) is 4.44. The molecule has 0 spiro atoms. The molecule has 0 saturated carbocycles. The van der Waals surface area contributed by atoms with Crippen LogP contribution in [0.3, 0.4) is 0 Å². The zero-order valence-corrected chi connectivity index (χ0v) is 16.4. The van der Waals surface area contributed by atoms with Crippen LogP contribution in [0.4, 0.5) is 5.69 Å². The summed E-state index contributed by atoms with van der Waals surface area (Å²) in [4.78, 5) is 26.3. The van der Waals surface area contributed by atoms with Gasteiger partial charge in [0, 0.05) is 18.8 Å². The highest BCUT2D eigenvalue weighted by Crippen LogP contribution is 2.27. The Morgan fingerprint density at radius 2 is 1.93 bits per heavy atom. The van der Waals surface area contributed by atoms with Crippen molar-refractivity contribution in [3.8, 4) is 0 Å². The first-order chi connectivity index (χ1) is 13.4. The molecule has 3 rings (SSSR count). The Hall–Kier alpha value is -2.71. The minimum atomic E-state index is -3.69. The van der Waals surface area contributed by atoms with Crippen molar-refractivity contribution >= 4 is 27.6 Å². The quantitative estimate of drug-likeness (QED) is 0.716. The van der Waals surface area contributed by atoms with Crippen molar-refractivity contribution < 1.29 is 22.7 Å². The van der Waals surface area contributed by atoms with Crippen molar-refractivity contribution in [1.82, 2.24) is 4.72 Å². The summed E-state index contributed by atoms with van der Waals surface area (Å²) < 4.78 is 32.0. The third-order valence-corrected chi connectivity index (χ3v) is 5.90. The molecule has 0 saturated heterocycles. The van der Waals surface area contributed by atoms with Crippen molar-refractivity contribution in [2.24, 2.45) is 0 Å². The van der Waals surface area contributed by atoms with Gasteiger partial charge in [-0.05, 0) is 42.7 Å². The lowest BCUT2D eigenvalue weighted by atomic mass is 10.2. The number of nitrogens with one attached hydrogen (secondary N) is 1. The molecule has 1 amide bonds. The third kappa shape index (κ3) is 4.40. The van der Waals surface area contributed by atoms with Gasteiger partial charge in [-0.25, -0.2) is 17.9 Å². The second-order valence-electron chi connectivity index (χ2n) is 6.43. The van der Waals surface area contributed by atoms with Crippen LogP contribution in [0.2, 0.25) is 0 Å². The number of amides is 1. The number of carbonyl (C=O) groups excluding carboxylic acids is 2. The van der Waals surface area contributed by atoms with Crippen LogP contribution in [-0.4, -0.2) is 40.0 Å². The molecule has 2 aromatic carbocycles. The molecular weight excluding hydrogens is 380 g/mol. The number of hydrogen-bond acceptors (Lipinski definition) is 5. The van der Waals surface area contributed by atoms with Crippen molar-refractivity contribution in [2.45, 2.75) is 24.7 Å². The highest BCUT2D eigenvalue weighted by atomic mass is 32.2. The summed E-state index contributed by atoms with van der Waals surface area (Å²) in [6, 6.07) is 13.2. The van der Waals surface area contributed by atoms with E-state index in [9.17, 15) is 18.0 Å². The SMILES string of the molecule is CCCNS(=O)(=O)c1cccc(C(=O)OCC(=O)N2CCc3ccccc32)c1. The maximum atomic E-state index is 12.4. The lowest BCUT2D eigenvalue weighted by molar-refractivity contribution is -0.121. The Bertz CT molecular complexity index is 988. The lowest BCUT2D eigenvalue weighted by Crippen LogP contribution is -2.33. The molecule has 1 heterocycles. The number of anilines is 1. The van der Waals surface area contributed by atoms with Gasteiger partial charge >= 0.3 is 5.97 Å². The molecule has 0 aliphatic carbocycles. The summed E-state index contributed by atoms with van der Waals surface area (Å²) >= 11 is 0. The monoisotopic (exact) mass is 402 g/mol. The fourth-order valence-electron chi connectivity index (χ4n) is 3.00. The van der Waals surface area contributed by atoms with Crippen LogP contribution in [0.5, 0.6) is 0 Å². The number of ether oxygens (including phenoxy) is 1. The Balaban J connectivity index is 1.64. The summed E-state index contributed by atoms with van der Waals surface area (Å²) in [7, 11) is -3.69. The van der Waals surface area contributed by atoms with E-state index < -0.39 is 22.6 Å². The summed E-state index contributed by atoms with van der Waals surface area (Å²) in [5.74, 6) is -1.06. The highest BCUT2D eigenvalue weighted by Gasteiger charge is 2.25. The summed E-state index contributed by atoms with van der Waals surface area (Å²) in [5, 5.41) is 0. The first-order valence-corrected chi connectivity index (χ1v) is 10.6. The average molecular weight is 402 g/mol. The molecule has 28 heavy (non-hydrogen) atoms. The molecule has 1 N–H and O–H groups in total. The van der Waals surface area contributed by atoms with Crippen LogP contribution < -0.4 is 9.62 Å². The fraction of sp³-hybridized carbons (Fsp3) is 0.300. The number of hydrogen-bond donors (Lipinski definition) is 1. The molecule has 2 aromatic rings.